The van der Waals surface area contributed by atoms with Crippen LogP contribution in [-0.2, 0) is 4.79 Å². The number of benzene rings is 2. The van der Waals surface area contributed by atoms with Crippen LogP contribution in [0, 0.1) is 0 Å². The molecule has 2 aromatic rings. The smallest absolute Gasteiger partial charge is 0.247 e. The van der Waals surface area contributed by atoms with Gasteiger partial charge in [-0.15, -0.1) is 0 Å². The number of para-hydroxylation sites is 3. The Morgan fingerprint density at radius 2 is 1.64 bits per heavy atom. The Morgan fingerprint density at radius 1 is 1.00 bits per heavy atom. The van der Waals surface area contributed by atoms with Crippen molar-refractivity contribution < 1.29 is 15.0 Å². The van der Waals surface area contributed by atoms with Crippen LogP contribution >= 0.6 is 0 Å². The molecule has 0 unspecified atom stereocenters. The Hall–Kier alpha value is -3.05. The number of hydrogen-bond donors (Lipinski definition) is 3. The highest BCUT2D eigenvalue weighted by Gasteiger charge is 2.07. The van der Waals surface area contributed by atoms with Crippen LogP contribution in [0.1, 0.15) is 24.8 Å². The molecular weight excluding hydrogens is 352 g/mol. The van der Waals surface area contributed by atoms with Gasteiger partial charge < -0.3 is 15.5 Å². The van der Waals surface area contributed by atoms with Gasteiger partial charge in [-0.3, -0.25) is 9.69 Å². The van der Waals surface area contributed by atoms with E-state index in [0.29, 0.717) is 11.4 Å². The van der Waals surface area contributed by atoms with Gasteiger partial charge in [0.1, 0.15) is 11.5 Å². The van der Waals surface area contributed by atoms with Crippen LogP contribution in [0.3, 0.4) is 0 Å². The number of amides is 1. The summed E-state index contributed by atoms with van der Waals surface area (Å²) in [5.74, 6) is 0.0709. The van der Waals surface area contributed by atoms with Crippen LogP contribution in [0.5, 0.6) is 11.5 Å². The number of phenols is 2. The van der Waals surface area contributed by atoms with Crippen LogP contribution in [0.25, 0.3) is 6.08 Å². The highest BCUT2D eigenvalue weighted by atomic mass is 16.3. The SMILES string of the molecule is C=CC(=O)Nc1ccccc1O.Oc1ccccc1/C=C/CN1CCCCC1. The number of carbonyl (C=O) groups is 1. The van der Waals surface area contributed by atoms with Crippen molar-refractivity contribution in [3.63, 3.8) is 0 Å². The molecule has 1 saturated heterocycles. The van der Waals surface area contributed by atoms with Crippen molar-refractivity contribution in [3.05, 3.63) is 72.8 Å². The van der Waals surface area contributed by atoms with E-state index in [0.717, 1.165) is 18.2 Å². The fourth-order valence-electron chi connectivity index (χ4n) is 2.86. The fraction of sp³-hybridized carbons (Fsp3) is 0.261. The number of hydrogen-bond acceptors (Lipinski definition) is 4. The van der Waals surface area contributed by atoms with Crippen LogP contribution in [0.4, 0.5) is 5.69 Å². The Balaban J connectivity index is 0.000000209. The van der Waals surface area contributed by atoms with E-state index >= 15 is 0 Å². The van der Waals surface area contributed by atoms with E-state index in [2.05, 4.69) is 22.9 Å². The average Bonchev–Trinajstić information content (AvgIpc) is 2.72. The van der Waals surface area contributed by atoms with Gasteiger partial charge in [0, 0.05) is 12.1 Å². The second kappa shape index (κ2) is 11.6. The molecule has 1 aliphatic rings. The largest absolute Gasteiger partial charge is 0.507 e. The normalized spacial score (nSPS) is 14.1. The predicted octanol–water partition coefficient (Wildman–Crippen LogP) is 4.41. The minimum Gasteiger partial charge on any atom is -0.507 e. The second-order valence-corrected chi connectivity index (χ2v) is 6.53. The van der Waals surface area contributed by atoms with Gasteiger partial charge >= 0.3 is 0 Å². The van der Waals surface area contributed by atoms with Crippen LogP contribution in [-0.4, -0.2) is 40.7 Å². The second-order valence-electron chi connectivity index (χ2n) is 6.53. The summed E-state index contributed by atoms with van der Waals surface area (Å²) in [5.41, 5.74) is 1.29. The molecule has 5 heteroatoms. The number of carbonyl (C=O) groups excluding carboxylic acids is 1. The van der Waals surface area contributed by atoms with Crippen LogP contribution < -0.4 is 5.32 Å². The van der Waals surface area contributed by atoms with Gasteiger partial charge in [0.05, 0.1) is 5.69 Å². The number of nitrogens with zero attached hydrogens (tertiary/aromatic N) is 1. The Labute approximate surface area is 166 Å². The van der Waals surface area contributed by atoms with Gasteiger partial charge in [0.15, 0.2) is 0 Å². The zero-order valence-electron chi connectivity index (χ0n) is 16.1. The standard InChI is InChI=1S/C14H19NO.C9H9NO2/c16-14-9-3-2-7-13(14)8-6-12-15-10-4-1-5-11-15;1-2-9(12)10-7-5-3-4-6-8(7)11/h2-3,6-9,16H,1,4-5,10-12H2;2-6,11H,1H2,(H,10,12)/b8-6+;. The number of likely N-dealkylation sites (tertiary alicyclic amines) is 1. The molecule has 0 aromatic heterocycles. The number of aromatic hydroxyl groups is 2. The molecule has 148 valence electrons. The molecule has 1 fully saturated rings. The molecule has 2 aromatic carbocycles. The van der Waals surface area contributed by atoms with Gasteiger partial charge in [0.25, 0.3) is 0 Å². The topological polar surface area (TPSA) is 72.8 Å². The summed E-state index contributed by atoms with van der Waals surface area (Å²) in [6.07, 6.45) is 9.31. The molecular formula is C23H28N2O3. The van der Waals surface area contributed by atoms with E-state index < -0.39 is 0 Å². The van der Waals surface area contributed by atoms with E-state index in [1.54, 1.807) is 24.3 Å². The monoisotopic (exact) mass is 380 g/mol. The van der Waals surface area contributed by atoms with E-state index in [1.165, 1.54) is 38.4 Å². The molecule has 0 atom stereocenters. The zero-order chi connectivity index (χ0) is 20.2. The van der Waals surface area contributed by atoms with Crippen molar-refractivity contribution in [1.29, 1.82) is 0 Å². The number of piperidine rings is 1. The summed E-state index contributed by atoms with van der Waals surface area (Å²) in [4.78, 5) is 13.3. The number of phenolic OH excluding ortho intramolecular Hbond substituents is 2. The molecule has 1 aliphatic heterocycles. The van der Waals surface area contributed by atoms with E-state index in [9.17, 15) is 15.0 Å². The molecule has 0 aliphatic carbocycles. The third kappa shape index (κ3) is 7.29. The maximum Gasteiger partial charge on any atom is 0.247 e. The van der Waals surface area contributed by atoms with Gasteiger partial charge in [-0.2, -0.15) is 0 Å². The highest BCUT2D eigenvalue weighted by molar-refractivity contribution is 5.99. The maximum atomic E-state index is 10.8. The Bertz CT molecular complexity index is 796. The van der Waals surface area contributed by atoms with Gasteiger partial charge in [-0.1, -0.05) is 55.5 Å². The molecule has 5 nitrogen and oxygen atoms in total. The molecule has 1 heterocycles. The molecule has 0 radical (unpaired) electrons. The maximum absolute atomic E-state index is 10.8. The third-order valence-electron chi connectivity index (χ3n) is 4.39. The number of anilines is 1. The van der Waals surface area contributed by atoms with Gasteiger partial charge in [-0.05, 0) is 50.2 Å². The van der Waals surface area contributed by atoms with Crippen molar-refractivity contribution in [2.75, 3.05) is 25.0 Å². The van der Waals surface area contributed by atoms with Crippen molar-refractivity contribution in [3.8, 4) is 11.5 Å². The van der Waals surface area contributed by atoms with E-state index in [-0.39, 0.29) is 11.7 Å². The van der Waals surface area contributed by atoms with Crippen molar-refractivity contribution >= 4 is 17.7 Å². The van der Waals surface area contributed by atoms with Crippen LogP contribution in [0.2, 0.25) is 0 Å². The first-order valence-electron chi connectivity index (χ1n) is 9.48. The van der Waals surface area contributed by atoms with E-state index in [4.69, 9.17) is 0 Å². The average molecular weight is 380 g/mol. The van der Waals surface area contributed by atoms with Gasteiger partial charge in [0.2, 0.25) is 5.91 Å². The molecule has 3 N–H and O–H groups in total. The lowest BCUT2D eigenvalue weighted by atomic mass is 10.1. The summed E-state index contributed by atoms with van der Waals surface area (Å²) in [6, 6.07) is 14.0. The van der Waals surface area contributed by atoms with Crippen molar-refractivity contribution in [2.24, 2.45) is 0 Å². The van der Waals surface area contributed by atoms with Crippen molar-refractivity contribution in [2.45, 2.75) is 19.3 Å². The van der Waals surface area contributed by atoms with E-state index in [1.807, 2.05) is 24.3 Å². The summed E-state index contributed by atoms with van der Waals surface area (Å²) in [7, 11) is 0. The predicted molar refractivity (Wildman–Crippen MR) is 114 cm³/mol. The fourth-order valence-corrected chi connectivity index (χ4v) is 2.86. The minimum absolute atomic E-state index is 0.0488. The zero-order valence-corrected chi connectivity index (χ0v) is 16.1. The molecule has 3 rings (SSSR count). The lowest BCUT2D eigenvalue weighted by molar-refractivity contribution is -0.111. The minimum atomic E-state index is -0.337. The molecule has 1 amide bonds. The Morgan fingerprint density at radius 3 is 2.29 bits per heavy atom. The summed E-state index contributed by atoms with van der Waals surface area (Å²) >= 11 is 0. The Kier molecular flexibility index (Phi) is 8.82. The molecule has 28 heavy (non-hydrogen) atoms. The molecule has 0 saturated carbocycles. The number of rotatable bonds is 5. The first-order chi connectivity index (χ1) is 13.6. The summed E-state index contributed by atoms with van der Waals surface area (Å²) in [5, 5.41) is 21.2. The first-order valence-corrected chi connectivity index (χ1v) is 9.48. The highest BCUT2D eigenvalue weighted by Crippen LogP contribution is 2.21. The summed E-state index contributed by atoms with van der Waals surface area (Å²) < 4.78 is 0. The molecule has 0 bridgehead atoms. The lowest BCUT2D eigenvalue weighted by Gasteiger charge is -2.24. The van der Waals surface area contributed by atoms with Crippen LogP contribution in [0.15, 0.2) is 67.3 Å². The third-order valence-corrected chi connectivity index (χ3v) is 4.39. The van der Waals surface area contributed by atoms with Crippen molar-refractivity contribution in [1.82, 2.24) is 4.90 Å². The summed E-state index contributed by atoms with van der Waals surface area (Å²) in [6.45, 7) is 6.71. The number of nitrogens with one attached hydrogen (secondary N) is 1. The quantitative estimate of drug-likeness (QED) is 0.531. The molecule has 0 spiro atoms. The van der Waals surface area contributed by atoms with Gasteiger partial charge in [-0.25, -0.2) is 0 Å². The lowest BCUT2D eigenvalue weighted by Crippen LogP contribution is -2.29. The first kappa shape index (κ1) is 21.3.